The molecule has 2 aromatic rings. The predicted octanol–water partition coefficient (Wildman–Crippen LogP) is 4.15. The number of carbonyl (C=O) groups excluding carboxylic acids is 2. The van der Waals surface area contributed by atoms with E-state index in [0.29, 0.717) is 27.9 Å². The summed E-state index contributed by atoms with van der Waals surface area (Å²) < 4.78 is 10.3. The Balaban J connectivity index is 2.18. The first-order valence-electron chi connectivity index (χ1n) is 8.02. The summed E-state index contributed by atoms with van der Waals surface area (Å²) in [6.07, 6.45) is 0. The average Bonchev–Trinajstić information content (AvgIpc) is 2.93. The first-order valence-corrected chi connectivity index (χ1v) is 8.90. The van der Waals surface area contributed by atoms with Gasteiger partial charge in [-0.1, -0.05) is 26.0 Å². The van der Waals surface area contributed by atoms with Crippen molar-refractivity contribution in [3.63, 3.8) is 0 Å². The highest BCUT2D eigenvalue weighted by Gasteiger charge is 2.20. The largest absolute Gasteiger partial charge is 0.465 e. The van der Waals surface area contributed by atoms with E-state index in [0.717, 1.165) is 4.90 Å². The standard InChI is InChI=1S/C19H23NO4S/c1-12(2)25-17-9-7-6-8-15(17)18(21)20(4)11-14-10-16(13(3)24-14)19(22)23-5/h6-10,12H,11H2,1-5H3. The van der Waals surface area contributed by atoms with Gasteiger partial charge in [0, 0.05) is 17.2 Å². The molecule has 0 spiro atoms. The molecule has 0 saturated heterocycles. The molecular formula is C19H23NO4S. The van der Waals surface area contributed by atoms with Gasteiger partial charge in [0.05, 0.1) is 19.2 Å². The van der Waals surface area contributed by atoms with E-state index in [9.17, 15) is 9.59 Å². The highest BCUT2D eigenvalue weighted by Crippen LogP contribution is 2.27. The first-order chi connectivity index (χ1) is 11.8. The van der Waals surface area contributed by atoms with E-state index in [1.165, 1.54) is 7.11 Å². The van der Waals surface area contributed by atoms with E-state index >= 15 is 0 Å². The Kier molecular flexibility index (Phi) is 6.31. The van der Waals surface area contributed by atoms with E-state index in [2.05, 4.69) is 13.8 Å². The van der Waals surface area contributed by atoms with E-state index in [1.807, 2.05) is 24.3 Å². The Morgan fingerprint density at radius 3 is 2.56 bits per heavy atom. The summed E-state index contributed by atoms with van der Waals surface area (Å²) >= 11 is 1.66. The maximum Gasteiger partial charge on any atom is 0.341 e. The Hall–Kier alpha value is -2.21. The van der Waals surface area contributed by atoms with Crippen molar-refractivity contribution in [3.8, 4) is 0 Å². The zero-order chi connectivity index (χ0) is 18.6. The topological polar surface area (TPSA) is 59.8 Å². The van der Waals surface area contributed by atoms with Crippen LogP contribution in [-0.4, -0.2) is 36.2 Å². The maximum absolute atomic E-state index is 12.8. The molecule has 2 rings (SSSR count). The normalized spacial score (nSPS) is 10.8. The van der Waals surface area contributed by atoms with Gasteiger partial charge in [0.1, 0.15) is 17.1 Å². The number of methoxy groups -OCH3 is 1. The molecule has 5 nitrogen and oxygen atoms in total. The monoisotopic (exact) mass is 361 g/mol. The molecule has 0 aliphatic heterocycles. The number of amides is 1. The summed E-state index contributed by atoms with van der Waals surface area (Å²) in [5, 5.41) is 0.384. The lowest BCUT2D eigenvalue weighted by Gasteiger charge is -2.18. The molecule has 0 aliphatic carbocycles. The number of benzene rings is 1. The van der Waals surface area contributed by atoms with Crippen molar-refractivity contribution in [2.75, 3.05) is 14.2 Å². The molecule has 0 saturated carbocycles. The summed E-state index contributed by atoms with van der Waals surface area (Å²) in [6, 6.07) is 9.20. The van der Waals surface area contributed by atoms with E-state index in [-0.39, 0.29) is 12.5 Å². The van der Waals surface area contributed by atoms with Crippen LogP contribution in [0.3, 0.4) is 0 Å². The second-order valence-corrected chi connectivity index (χ2v) is 7.62. The molecule has 0 bridgehead atoms. The zero-order valence-corrected chi connectivity index (χ0v) is 16.0. The Labute approximate surface area is 152 Å². The molecule has 0 unspecified atom stereocenters. The molecular weight excluding hydrogens is 338 g/mol. The second kappa shape index (κ2) is 8.25. The number of nitrogens with zero attached hydrogens (tertiary/aromatic N) is 1. The minimum Gasteiger partial charge on any atom is -0.465 e. The fourth-order valence-corrected chi connectivity index (χ4v) is 3.39. The third-order valence-electron chi connectivity index (χ3n) is 3.59. The van der Waals surface area contributed by atoms with Crippen molar-refractivity contribution in [1.82, 2.24) is 4.90 Å². The number of furan rings is 1. The van der Waals surface area contributed by atoms with Crippen molar-refractivity contribution >= 4 is 23.6 Å². The van der Waals surface area contributed by atoms with Gasteiger partial charge in [0.2, 0.25) is 0 Å². The molecule has 6 heteroatoms. The Bertz CT molecular complexity index is 767. The van der Waals surface area contributed by atoms with Crippen molar-refractivity contribution < 1.29 is 18.7 Å². The third-order valence-corrected chi connectivity index (χ3v) is 4.68. The smallest absolute Gasteiger partial charge is 0.341 e. The number of esters is 1. The number of rotatable bonds is 6. The summed E-state index contributed by atoms with van der Waals surface area (Å²) in [5.41, 5.74) is 1.05. The molecule has 1 heterocycles. The molecule has 25 heavy (non-hydrogen) atoms. The van der Waals surface area contributed by atoms with Crippen LogP contribution in [0.25, 0.3) is 0 Å². The average molecular weight is 361 g/mol. The van der Waals surface area contributed by atoms with Crippen LogP contribution in [-0.2, 0) is 11.3 Å². The lowest BCUT2D eigenvalue weighted by atomic mass is 10.2. The zero-order valence-electron chi connectivity index (χ0n) is 15.2. The minimum absolute atomic E-state index is 0.0857. The van der Waals surface area contributed by atoms with Gasteiger partial charge in [-0.15, -0.1) is 11.8 Å². The van der Waals surface area contributed by atoms with E-state index < -0.39 is 5.97 Å². The first kappa shape index (κ1) is 19.1. The molecule has 134 valence electrons. The van der Waals surface area contributed by atoms with Crippen LogP contribution < -0.4 is 0 Å². The number of thioether (sulfide) groups is 1. The van der Waals surface area contributed by atoms with Gasteiger partial charge in [-0.3, -0.25) is 4.79 Å². The number of hydrogen-bond acceptors (Lipinski definition) is 5. The quantitative estimate of drug-likeness (QED) is 0.571. The molecule has 1 aromatic carbocycles. The van der Waals surface area contributed by atoms with Crippen LogP contribution in [0.15, 0.2) is 39.6 Å². The van der Waals surface area contributed by atoms with Gasteiger partial charge in [0.15, 0.2) is 0 Å². The summed E-state index contributed by atoms with van der Waals surface area (Å²) in [4.78, 5) is 27.0. The molecule has 1 amide bonds. The molecule has 0 radical (unpaired) electrons. The third kappa shape index (κ3) is 4.66. The summed E-state index contributed by atoms with van der Waals surface area (Å²) in [5.74, 6) is 0.499. The van der Waals surface area contributed by atoms with Crippen molar-refractivity contribution in [1.29, 1.82) is 0 Å². The summed E-state index contributed by atoms with van der Waals surface area (Å²) in [6.45, 7) is 6.16. The Morgan fingerprint density at radius 1 is 1.24 bits per heavy atom. The summed E-state index contributed by atoms with van der Waals surface area (Å²) in [7, 11) is 3.04. The fraction of sp³-hybridized carbons (Fsp3) is 0.368. The van der Waals surface area contributed by atoms with Crippen molar-refractivity contribution in [2.24, 2.45) is 0 Å². The van der Waals surface area contributed by atoms with Gasteiger partial charge in [0.25, 0.3) is 5.91 Å². The van der Waals surface area contributed by atoms with Crippen molar-refractivity contribution in [2.45, 2.75) is 37.5 Å². The van der Waals surface area contributed by atoms with Gasteiger partial charge < -0.3 is 14.1 Å². The SMILES string of the molecule is COC(=O)c1cc(CN(C)C(=O)c2ccccc2SC(C)C)oc1C. The molecule has 0 fully saturated rings. The molecule has 0 atom stereocenters. The molecule has 0 N–H and O–H groups in total. The number of ether oxygens (including phenoxy) is 1. The van der Waals surface area contributed by atoms with E-state index in [4.69, 9.17) is 9.15 Å². The van der Waals surface area contributed by atoms with Gasteiger partial charge in [-0.05, 0) is 25.1 Å². The van der Waals surface area contributed by atoms with Crippen LogP contribution in [0.5, 0.6) is 0 Å². The van der Waals surface area contributed by atoms with Gasteiger partial charge in [-0.2, -0.15) is 0 Å². The number of aryl methyl sites for hydroxylation is 1. The van der Waals surface area contributed by atoms with Gasteiger partial charge in [-0.25, -0.2) is 4.79 Å². The van der Waals surface area contributed by atoms with Crippen LogP contribution in [0.1, 0.15) is 46.1 Å². The van der Waals surface area contributed by atoms with Crippen LogP contribution in [0.2, 0.25) is 0 Å². The van der Waals surface area contributed by atoms with Gasteiger partial charge >= 0.3 is 5.97 Å². The highest BCUT2D eigenvalue weighted by atomic mass is 32.2. The second-order valence-electron chi connectivity index (χ2n) is 6.00. The number of carbonyl (C=O) groups is 2. The lowest BCUT2D eigenvalue weighted by Crippen LogP contribution is -2.26. The van der Waals surface area contributed by atoms with E-state index in [1.54, 1.807) is 36.7 Å². The number of hydrogen-bond donors (Lipinski definition) is 0. The van der Waals surface area contributed by atoms with Crippen molar-refractivity contribution in [3.05, 3.63) is 53.0 Å². The van der Waals surface area contributed by atoms with Crippen LogP contribution in [0.4, 0.5) is 0 Å². The molecule has 0 aliphatic rings. The fourth-order valence-electron chi connectivity index (χ4n) is 2.45. The maximum atomic E-state index is 12.8. The van der Waals surface area contributed by atoms with Crippen LogP contribution in [0, 0.1) is 6.92 Å². The highest BCUT2D eigenvalue weighted by molar-refractivity contribution is 8.00. The Morgan fingerprint density at radius 2 is 1.92 bits per heavy atom. The molecule has 1 aromatic heterocycles. The minimum atomic E-state index is -0.444. The predicted molar refractivity (Wildman–Crippen MR) is 98.0 cm³/mol. The lowest BCUT2D eigenvalue weighted by molar-refractivity contribution is 0.0598. The van der Waals surface area contributed by atoms with Crippen LogP contribution >= 0.6 is 11.8 Å².